The number of ether oxygens (including phenoxy) is 1. The molecule has 18 heavy (non-hydrogen) atoms. The van der Waals surface area contributed by atoms with E-state index in [0.717, 1.165) is 5.39 Å². The number of Topliss-reactive ketones (excluding diaryl/α,β-unsaturated/α-hetero) is 1. The van der Waals surface area contributed by atoms with Crippen molar-refractivity contribution in [2.24, 2.45) is 0 Å². The van der Waals surface area contributed by atoms with E-state index in [2.05, 4.69) is 0 Å². The third kappa shape index (κ3) is 3.05. The van der Waals surface area contributed by atoms with Gasteiger partial charge in [-0.3, -0.25) is 9.00 Å². The molecule has 0 bridgehead atoms. The standard InChI is InChI=1S/C13H14O4S/c1-16-6-7-18(15)9-11(14)13-8-10-4-2-3-5-12(10)17-13/h2-5,8H,6-7,9H2,1H3. The van der Waals surface area contributed by atoms with Crippen LogP contribution in [0.4, 0.5) is 0 Å². The van der Waals surface area contributed by atoms with Crippen molar-refractivity contribution in [3.05, 3.63) is 36.1 Å². The molecule has 96 valence electrons. The summed E-state index contributed by atoms with van der Waals surface area (Å²) >= 11 is 0. The Kier molecular flexibility index (Phi) is 4.28. The normalized spacial score (nSPS) is 12.7. The van der Waals surface area contributed by atoms with E-state index in [0.29, 0.717) is 17.9 Å². The van der Waals surface area contributed by atoms with Gasteiger partial charge >= 0.3 is 0 Å². The summed E-state index contributed by atoms with van der Waals surface area (Å²) < 4.78 is 21.8. The lowest BCUT2D eigenvalue weighted by Gasteiger charge is -1.98. The molecular formula is C13H14O4S. The molecule has 1 atom stereocenters. The van der Waals surface area contributed by atoms with Gasteiger partial charge in [0.1, 0.15) is 5.58 Å². The third-order valence-corrected chi connectivity index (χ3v) is 3.71. The lowest BCUT2D eigenvalue weighted by Crippen LogP contribution is -2.15. The second-order valence-electron chi connectivity index (χ2n) is 3.85. The van der Waals surface area contributed by atoms with Crippen molar-refractivity contribution < 1.29 is 18.2 Å². The van der Waals surface area contributed by atoms with Crippen LogP contribution in [0.3, 0.4) is 0 Å². The van der Waals surface area contributed by atoms with E-state index in [9.17, 15) is 9.00 Å². The number of benzene rings is 1. The van der Waals surface area contributed by atoms with Gasteiger partial charge in [-0.2, -0.15) is 0 Å². The quantitative estimate of drug-likeness (QED) is 0.750. The molecular weight excluding hydrogens is 252 g/mol. The smallest absolute Gasteiger partial charge is 0.210 e. The Labute approximate surface area is 107 Å². The summed E-state index contributed by atoms with van der Waals surface area (Å²) in [5.41, 5.74) is 0.670. The van der Waals surface area contributed by atoms with Gasteiger partial charge in [0.15, 0.2) is 5.76 Å². The van der Waals surface area contributed by atoms with E-state index in [1.54, 1.807) is 12.1 Å². The Morgan fingerprint density at radius 3 is 2.89 bits per heavy atom. The molecule has 0 aliphatic rings. The molecule has 1 aromatic carbocycles. The van der Waals surface area contributed by atoms with Crippen molar-refractivity contribution >= 4 is 27.6 Å². The first-order chi connectivity index (χ1) is 8.70. The van der Waals surface area contributed by atoms with Crippen LogP contribution >= 0.6 is 0 Å². The summed E-state index contributed by atoms with van der Waals surface area (Å²) in [6.45, 7) is 0.389. The van der Waals surface area contributed by atoms with Gasteiger partial charge in [0, 0.05) is 29.0 Å². The number of carbonyl (C=O) groups excluding carboxylic acids is 1. The van der Waals surface area contributed by atoms with Gasteiger partial charge in [-0.1, -0.05) is 18.2 Å². The van der Waals surface area contributed by atoms with Crippen LogP contribution in [0.25, 0.3) is 11.0 Å². The highest BCUT2D eigenvalue weighted by atomic mass is 32.2. The van der Waals surface area contributed by atoms with Crippen LogP contribution in [0.5, 0.6) is 0 Å². The highest BCUT2D eigenvalue weighted by molar-refractivity contribution is 7.85. The van der Waals surface area contributed by atoms with Gasteiger partial charge in [0.25, 0.3) is 0 Å². The van der Waals surface area contributed by atoms with Crippen molar-refractivity contribution in [1.29, 1.82) is 0 Å². The molecule has 1 unspecified atom stereocenters. The van der Waals surface area contributed by atoms with E-state index < -0.39 is 10.8 Å². The van der Waals surface area contributed by atoms with Gasteiger partial charge in [0.2, 0.25) is 5.78 Å². The zero-order valence-corrected chi connectivity index (χ0v) is 10.9. The van der Waals surface area contributed by atoms with E-state index in [1.165, 1.54) is 7.11 Å². The number of furan rings is 1. The molecule has 2 rings (SSSR count). The van der Waals surface area contributed by atoms with Crippen LogP contribution in [0, 0.1) is 0 Å². The van der Waals surface area contributed by atoms with Gasteiger partial charge < -0.3 is 9.15 Å². The van der Waals surface area contributed by atoms with Crippen LogP contribution in [0.2, 0.25) is 0 Å². The zero-order chi connectivity index (χ0) is 13.0. The minimum Gasteiger partial charge on any atom is -0.453 e. The molecule has 0 spiro atoms. The van der Waals surface area contributed by atoms with Crippen molar-refractivity contribution in [2.75, 3.05) is 25.2 Å². The molecule has 4 nitrogen and oxygen atoms in total. The number of para-hydroxylation sites is 1. The maximum Gasteiger partial charge on any atom is 0.210 e. The van der Waals surface area contributed by atoms with Crippen molar-refractivity contribution in [3.63, 3.8) is 0 Å². The molecule has 0 saturated carbocycles. The SMILES string of the molecule is COCCS(=O)CC(=O)c1cc2ccccc2o1. The van der Waals surface area contributed by atoms with E-state index in [4.69, 9.17) is 9.15 Å². The fourth-order valence-corrected chi connectivity index (χ4v) is 2.52. The predicted octanol–water partition coefficient (Wildman–Crippen LogP) is 2.01. The van der Waals surface area contributed by atoms with Crippen LogP contribution in [-0.2, 0) is 15.5 Å². The molecule has 0 saturated heterocycles. The van der Waals surface area contributed by atoms with Crippen LogP contribution < -0.4 is 0 Å². The summed E-state index contributed by atoms with van der Waals surface area (Å²) in [5, 5.41) is 0.878. The molecule has 1 heterocycles. The molecule has 1 aromatic heterocycles. The Balaban J connectivity index is 2.06. The highest BCUT2D eigenvalue weighted by Crippen LogP contribution is 2.19. The lowest BCUT2D eigenvalue weighted by molar-refractivity contribution is 0.0993. The van der Waals surface area contributed by atoms with Gasteiger partial charge in [-0.05, 0) is 12.1 Å². The summed E-state index contributed by atoms with van der Waals surface area (Å²) in [5.74, 6) is 0.369. The average Bonchev–Trinajstić information content (AvgIpc) is 2.80. The summed E-state index contributed by atoms with van der Waals surface area (Å²) in [4.78, 5) is 11.9. The minimum atomic E-state index is -1.21. The molecule has 2 aromatic rings. The van der Waals surface area contributed by atoms with Crippen LogP contribution in [0.1, 0.15) is 10.6 Å². The topological polar surface area (TPSA) is 56.5 Å². The minimum absolute atomic E-state index is 0.0246. The maximum atomic E-state index is 11.9. The lowest BCUT2D eigenvalue weighted by atomic mass is 10.2. The summed E-state index contributed by atoms with van der Waals surface area (Å²) in [6, 6.07) is 9.08. The van der Waals surface area contributed by atoms with Gasteiger partial charge in [0.05, 0.1) is 12.4 Å². The summed E-state index contributed by atoms with van der Waals surface area (Å²) in [7, 11) is 0.333. The first-order valence-electron chi connectivity index (χ1n) is 5.56. The molecule has 0 aliphatic carbocycles. The first-order valence-corrected chi connectivity index (χ1v) is 7.05. The van der Waals surface area contributed by atoms with Crippen molar-refractivity contribution in [3.8, 4) is 0 Å². The van der Waals surface area contributed by atoms with Crippen molar-refractivity contribution in [1.82, 2.24) is 0 Å². The number of hydrogen-bond acceptors (Lipinski definition) is 4. The predicted molar refractivity (Wildman–Crippen MR) is 70.3 cm³/mol. The average molecular weight is 266 g/mol. The monoisotopic (exact) mass is 266 g/mol. The Hall–Kier alpha value is -1.46. The Bertz CT molecular complexity index is 540. The molecule has 5 heteroatoms. The second-order valence-corrected chi connectivity index (χ2v) is 5.43. The number of hydrogen-bond donors (Lipinski definition) is 0. The fraction of sp³-hybridized carbons (Fsp3) is 0.308. The fourth-order valence-electron chi connectivity index (χ4n) is 1.59. The summed E-state index contributed by atoms with van der Waals surface area (Å²) in [6.07, 6.45) is 0. The number of carbonyl (C=O) groups is 1. The maximum absolute atomic E-state index is 11.9. The van der Waals surface area contributed by atoms with Gasteiger partial charge in [-0.15, -0.1) is 0 Å². The number of rotatable bonds is 6. The van der Waals surface area contributed by atoms with Crippen LogP contribution in [-0.4, -0.2) is 35.2 Å². The zero-order valence-electron chi connectivity index (χ0n) is 10.0. The molecule has 0 fully saturated rings. The highest BCUT2D eigenvalue weighted by Gasteiger charge is 2.15. The second kappa shape index (κ2) is 5.93. The van der Waals surface area contributed by atoms with Crippen molar-refractivity contribution in [2.45, 2.75) is 0 Å². The van der Waals surface area contributed by atoms with E-state index >= 15 is 0 Å². The number of fused-ring (bicyclic) bond motifs is 1. The van der Waals surface area contributed by atoms with Crippen LogP contribution in [0.15, 0.2) is 34.7 Å². The Morgan fingerprint density at radius 2 is 2.17 bits per heavy atom. The third-order valence-electron chi connectivity index (χ3n) is 2.51. The molecule has 0 aliphatic heterocycles. The first kappa shape index (κ1) is 13.0. The number of methoxy groups -OCH3 is 1. The van der Waals surface area contributed by atoms with Gasteiger partial charge in [-0.25, -0.2) is 0 Å². The van der Waals surface area contributed by atoms with E-state index in [-0.39, 0.29) is 17.3 Å². The van der Waals surface area contributed by atoms with E-state index in [1.807, 2.05) is 18.2 Å². The number of ketones is 1. The molecule has 0 N–H and O–H groups in total. The molecule has 0 amide bonds. The largest absolute Gasteiger partial charge is 0.453 e. The Morgan fingerprint density at radius 1 is 1.39 bits per heavy atom. The molecule has 0 radical (unpaired) electrons.